The molecule has 0 bridgehead atoms. The minimum atomic E-state index is -1.12. The van der Waals surface area contributed by atoms with Crippen molar-refractivity contribution in [2.45, 2.75) is 44.8 Å². The fraction of sp³-hybridized carbons (Fsp3) is 0.348. The van der Waals surface area contributed by atoms with Crippen LogP contribution in [0, 0.1) is 5.92 Å². The number of benzene rings is 2. The smallest absolute Gasteiger partial charge is 0.326 e. The molecule has 0 aliphatic rings. The van der Waals surface area contributed by atoms with Gasteiger partial charge < -0.3 is 21.5 Å². The van der Waals surface area contributed by atoms with Crippen LogP contribution in [0.2, 0.25) is 0 Å². The summed E-state index contributed by atoms with van der Waals surface area (Å²) in [4.78, 5) is 37.0. The third-order valence-corrected chi connectivity index (χ3v) is 4.78. The number of rotatable bonds is 10. The van der Waals surface area contributed by atoms with Crippen molar-refractivity contribution in [3.05, 3.63) is 71.8 Å². The van der Waals surface area contributed by atoms with E-state index in [1.165, 1.54) is 0 Å². The highest BCUT2D eigenvalue weighted by Crippen LogP contribution is 2.08. The van der Waals surface area contributed by atoms with Gasteiger partial charge in [-0.15, -0.1) is 0 Å². The number of carboxylic acid groups (broad SMARTS) is 1. The van der Waals surface area contributed by atoms with E-state index < -0.39 is 35.9 Å². The van der Waals surface area contributed by atoms with Crippen LogP contribution in [-0.2, 0) is 27.2 Å². The molecule has 0 saturated heterocycles. The predicted molar refractivity (Wildman–Crippen MR) is 115 cm³/mol. The van der Waals surface area contributed by atoms with E-state index in [9.17, 15) is 19.5 Å². The lowest BCUT2D eigenvalue weighted by molar-refractivity contribution is -0.143. The number of carbonyl (C=O) groups excluding carboxylic acids is 2. The second-order valence-corrected chi connectivity index (χ2v) is 7.62. The van der Waals surface area contributed by atoms with E-state index in [4.69, 9.17) is 5.73 Å². The highest BCUT2D eigenvalue weighted by molar-refractivity contribution is 5.92. The zero-order valence-electron chi connectivity index (χ0n) is 17.2. The average Bonchev–Trinajstić information content (AvgIpc) is 2.72. The van der Waals surface area contributed by atoms with Gasteiger partial charge in [0.1, 0.15) is 12.1 Å². The molecule has 0 radical (unpaired) electrons. The van der Waals surface area contributed by atoms with E-state index in [0.29, 0.717) is 6.42 Å². The Balaban J connectivity index is 2.13. The van der Waals surface area contributed by atoms with Gasteiger partial charge in [0.05, 0.1) is 6.04 Å². The molecule has 30 heavy (non-hydrogen) atoms. The van der Waals surface area contributed by atoms with Gasteiger partial charge in [-0.3, -0.25) is 9.59 Å². The van der Waals surface area contributed by atoms with E-state index >= 15 is 0 Å². The van der Waals surface area contributed by atoms with Crippen LogP contribution in [0.3, 0.4) is 0 Å². The van der Waals surface area contributed by atoms with Gasteiger partial charge in [0.15, 0.2) is 0 Å². The van der Waals surface area contributed by atoms with Gasteiger partial charge in [0, 0.05) is 6.42 Å². The number of hydrogen-bond donors (Lipinski definition) is 4. The van der Waals surface area contributed by atoms with E-state index in [1.54, 1.807) is 13.8 Å². The zero-order valence-corrected chi connectivity index (χ0v) is 17.2. The van der Waals surface area contributed by atoms with Crippen molar-refractivity contribution < 1.29 is 19.5 Å². The lowest BCUT2D eigenvalue weighted by atomic mass is 10.0. The Morgan fingerprint density at radius 2 is 1.33 bits per heavy atom. The third kappa shape index (κ3) is 7.00. The predicted octanol–water partition coefficient (Wildman–Crippen LogP) is 1.51. The van der Waals surface area contributed by atoms with Crippen LogP contribution in [-0.4, -0.2) is 41.0 Å². The number of nitrogens with two attached hydrogens (primary N) is 1. The van der Waals surface area contributed by atoms with Crippen LogP contribution in [0.4, 0.5) is 0 Å². The molecule has 2 aromatic carbocycles. The molecule has 5 N–H and O–H groups in total. The topological polar surface area (TPSA) is 122 Å². The zero-order chi connectivity index (χ0) is 22.1. The van der Waals surface area contributed by atoms with E-state index in [1.807, 2.05) is 60.7 Å². The summed E-state index contributed by atoms with van der Waals surface area (Å²) in [6.45, 7) is 3.42. The van der Waals surface area contributed by atoms with Crippen LogP contribution in [0.1, 0.15) is 25.0 Å². The number of nitrogens with one attached hydrogen (secondary N) is 2. The van der Waals surface area contributed by atoms with Crippen molar-refractivity contribution in [3.8, 4) is 0 Å². The van der Waals surface area contributed by atoms with Gasteiger partial charge in [-0.1, -0.05) is 74.5 Å². The first-order chi connectivity index (χ1) is 14.3. The molecule has 2 rings (SSSR count). The molecular formula is C23H29N3O4. The van der Waals surface area contributed by atoms with E-state index in [2.05, 4.69) is 10.6 Å². The van der Waals surface area contributed by atoms with Crippen LogP contribution in [0.25, 0.3) is 0 Å². The fourth-order valence-corrected chi connectivity index (χ4v) is 3.07. The molecule has 0 heterocycles. The Hall–Kier alpha value is -3.19. The Morgan fingerprint density at radius 3 is 1.80 bits per heavy atom. The summed E-state index contributed by atoms with van der Waals surface area (Å²) in [6, 6.07) is 15.7. The maximum absolute atomic E-state index is 12.9. The van der Waals surface area contributed by atoms with Crippen molar-refractivity contribution >= 4 is 17.8 Å². The second-order valence-electron chi connectivity index (χ2n) is 7.62. The minimum absolute atomic E-state index is 0.223. The summed E-state index contributed by atoms with van der Waals surface area (Å²) in [7, 11) is 0. The molecule has 3 atom stereocenters. The second kappa shape index (κ2) is 11.1. The Bertz CT molecular complexity index is 840. The average molecular weight is 412 g/mol. The molecule has 7 nitrogen and oxygen atoms in total. The Labute approximate surface area is 176 Å². The number of aliphatic carboxylic acids is 1. The molecule has 0 fully saturated rings. The maximum Gasteiger partial charge on any atom is 0.326 e. The van der Waals surface area contributed by atoms with Crippen molar-refractivity contribution in [2.75, 3.05) is 0 Å². The van der Waals surface area contributed by atoms with Crippen molar-refractivity contribution in [1.82, 2.24) is 10.6 Å². The first-order valence-electron chi connectivity index (χ1n) is 9.95. The lowest BCUT2D eigenvalue weighted by Gasteiger charge is -2.24. The van der Waals surface area contributed by atoms with Crippen molar-refractivity contribution in [1.29, 1.82) is 0 Å². The molecular weight excluding hydrogens is 382 g/mol. The molecule has 0 aromatic heterocycles. The highest BCUT2D eigenvalue weighted by atomic mass is 16.4. The summed E-state index contributed by atoms with van der Waals surface area (Å²) in [5.74, 6) is -2.45. The summed E-state index contributed by atoms with van der Waals surface area (Å²) >= 11 is 0. The van der Waals surface area contributed by atoms with E-state index in [-0.39, 0.29) is 12.3 Å². The van der Waals surface area contributed by atoms with Gasteiger partial charge in [-0.25, -0.2) is 4.79 Å². The molecule has 160 valence electrons. The van der Waals surface area contributed by atoms with Gasteiger partial charge in [0.25, 0.3) is 0 Å². The van der Waals surface area contributed by atoms with Crippen molar-refractivity contribution in [3.63, 3.8) is 0 Å². The summed E-state index contributed by atoms with van der Waals surface area (Å²) in [6.07, 6.45) is 0.553. The van der Waals surface area contributed by atoms with E-state index in [0.717, 1.165) is 11.1 Å². The standard InChI is InChI=1S/C23H29N3O4/c1-15(2)20(23(29)30)26-22(28)19(14-17-11-7-4-8-12-17)25-21(27)18(24)13-16-9-5-3-6-10-16/h3-12,15,18-20H,13-14,24H2,1-2H3,(H,25,27)(H,26,28)(H,29,30)/t18-,19+,20+/m0/s1. The normalized spacial score (nSPS) is 13.9. The maximum atomic E-state index is 12.9. The first-order valence-corrected chi connectivity index (χ1v) is 9.95. The van der Waals surface area contributed by atoms with Gasteiger partial charge in [-0.05, 0) is 23.5 Å². The number of carboxylic acids is 1. The highest BCUT2D eigenvalue weighted by Gasteiger charge is 2.29. The molecule has 0 saturated carbocycles. The third-order valence-electron chi connectivity index (χ3n) is 4.78. The Morgan fingerprint density at radius 1 is 0.833 bits per heavy atom. The van der Waals surface area contributed by atoms with Crippen LogP contribution < -0.4 is 16.4 Å². The quantitative estimate of drug-likeness (QED) is 0.472. The SMILES string of the molecule is CC(C)[C@@H](NC(=O)[C@@H](Cc1ccccc1)NC(=O)[C@@H](N)Cc1ccccc1)C(=O)O. The van der Waals surface area contributed by atoms with Gasteiger partial charge in [-0.2, -0.15) is 0 Å². The molecule has 7 heteroatoms. The lowest BCUT2D eigenvalue weighted by Crippen LogP contribution is -2.56. The Kier molecular flexibility index (Phi) is 8.55. The molecule has 2 aromatic rings. The molecule has 2 amide bonds. The molecule has 0 unspecified atom stereocenters. The van der Waals surface area contributed by atoms with Gasteiger partial charge in [0.2, 0.25) is 11.8 Å². The summed E-state index contributed by atoms with van der Waals surface area (Å²) in [5.41, 5.74) is 7.80. The molecule has 0 aliphatic heterocycles. The monoisotopic (exact) mass is 411 g/mol. The summed E-state index contributed by atoms with van der Waals surface area (Å²) in [5, 5.41) is 14.6. The molecule has 0 aliphatic carbocycles. The van der Waals surface area contributed by atoms with Crippen LogP contribution in [0.5, 0.6) is 0 Å². The number of hydrogen-bond acceptors (Lipinski definition) is 4. The minimum Gasteiger partial charge on any atom is -0.480 e. The summed E-state index contributed by atoms with van der Waals surface area (Å²) < 4.78 is 0. The van der Waals surface area contributed by atoms with Crippen molar-refractivity contribution in [2.24, 2.45) is 11.7 Å². The van der Waals surface area contributed by atoms with Gasteiger partial charge >= 0.3 is 5.97 Å². The fourth-order valence-electron chi connectivity index (χ4n) is 3.07. The number of amides is 2. The first kappa shape index (κ1) is 23.1. The largest absolute Gasteiger partial charge is 0.480 e. The number of carbonyl (C=O) groups is 3. The molecule has 0 spiro atoms. The van der Waals surface area contributed by atoms with Crippen LogP contribution in [0.15, 0.2) is 60.7 Å². The van der Waals surface area contributed by atoms with Crippen LogP contribution >= 0.6 is 0 Å².